The molecule has 6 heteroatoms. The van der Waals surface area contributed by atoms with E-state index in [1.807, 2.05) is 0 Å². The van der Waals surface area contributed by atoms with Gasteiger partial charge in [-0.25, -0.2) is 0 Å². The van der Waals surface area contributed by atoms with Crippen LogP contribution in [0.3, 0.4) is 0 Å². The maximum atomic E-state index is 3.20. The Labute approximate surface area is 311 Å². The van der Waals surface area contributed by atoms with Crippen LogP contribution in [0.15, 0.2) is 146 Å². The van der Waals surface area contributed by atoms with Crippen molar-refractivity contribution >= 4 is 109 Å². The second kappa shape index (κ2) is 16.3. The quantitative estimate of drug-likeness (QED) is 0.0996. The summed E-state index contributed by atoms with van der Waals surface area (Å²) in [6.45, 7) is 2.25. The van der Waals surface area contributed by atoms with E-state index in [0.717, 1.165) is 0 Å². The van der Waals surface area contributed by atoms with Crippen molar-refractivity contribution in [3.63, 3.8) is 0 Å². The summed E-state index contributed by atoms with van der Waals surface area (Å²) in [6, 6.07) is 52.0. The number of nitrogens with one attached hydrogen (secondary N) is 1. The summed E-state index contributed by atoms with van der Waals surface area (Å²) in [4.78, 5) is 0. The van der Waals surface area contributed by atoms with E-state index in [4.69, 9.17) is 0 Å². The Bertz CT molecular complexity index is 1810. The monoisotopic (exact) mass is 1110 g/mol. The molecular weight excluding hydrogens is 1080 g/mol. The molecule has 0 bridgehead atoms. The van der Waals surface area contributed by atoms with E-state index in [-0.39, 0.29) is 0 Å². The first kappa shape index (κ1) is 33.0. The van der Waals surface area contributed by atoms with E-state index in [0.29, 0.717) is 0 Å². The van der Waals surface area contributed by atoms with Crippen LogP contribution in [0, 0.1) is 6.92 Å². The van der Waals surface area contributed by atoms with Crippen molar-refractivity contribution in [2.24, 2.45) is 0 Å². The molecule has 0 aliphatic heterocycles. The number of rotatable bonds is 6. The zero-order valence-electron chi connectivity index (χ0n) is 23.4. The van der Waals surface area contributed by atoms with Crippen LogP contribution in [0.2, 0.25) is 0 Å². The molecule has 1 N–H and O–H groups in total. The Morgan fingerprint density at radius 3 is 1.70 bits per heavy atom. The van der Waals surface area contributed by atoms with Gasteiger partial charge in [0.05, 0.1) is 0 Å². The minimum atomic E-state index is -0.625. The average molecular weight is 1110 g/mol. The summed E-state index contributed by atoms with van der Waals surface area (Å²) in [7, 11) is 0. The van der Waals surface area contributed by atoms with Crippen LogP contribution in [0.5, 0.6) is 0 Å². The Morgan fingerprint density at radius 2 is 1.07 bits per heavy atom. The van der Waals surface area contributed by atoms with E-state index in [1.165, 1.54) is 89.4 Å². The molecule has 213 valence electrons. The molecule has 0 aromatic heterocycles. The number of hydrogen-bond acceptors (Lipinski definition) is 1. The molecule has 0 saturated heterocycles. The van der Waals surface area contributed by atoms with E-state index in [1.54, 1.807) is 0 Å². The zero-order chi connectivity index (χ0) is 30.2. The molecule has 0 aliphatic rings. The molecule has 6 aromatic carbocycles. The number of hydrogen-bond donors (Lipinski definition) is 1. The molecule has 0 spiro atoms. The Balaban J connectivity index is 0.000000207. The molecule has 0 amide bonds. The first-order valence-electron chi connectivity index (χ1n) is 13.7. The summed E-state index contributed by atoms with van der Waals surface area (Å²) in [5.41, 5.74) is 12.9. The van der Waals surface area contributed by atoms with Gasteiger partial charge in [0.1, 0.15) is 5.30 Å². The van der Waals surface area contributed by atoms with Crippen molar-refractivity contribution < 1.29 is 0 Å². The van der Waals surface area contributed by atoms with E-state index < -0.39 is 3.21 Å². The molecule has 0 atom stereocenters. The molecule has 43 heavy (non-hydrogen) atoms. The van der Waals surface area contributed by atoms with Gasteiger partial charge in [-0.1, -0.05) is 84.9 Å². The van der Waals surface area contributed by atoms with Crippen molar-refractivity contribution in [2.45, 2.75) is 6.92 Å². The van der Waals surface area contributed by atoms with Crippen LogP contribution in [0.4, 0.5) is 5.69 Å². The molecule has 0 heterocycles. The minimum absolute atomic E-state index is 0.625. The summed E-state index contributed by atoms with van der Waals surface area (Å²) >= 11 is 8.88. The maximum absolute atomic E-state index is 3.20. The van der Waals surface area contributed by atoms with Gasteiger partial charge in [0.15, 0.2) is 47.3 Å². The molecular formula is C37H29I3NPPo+. The third-order valence-corrected chi connectivity index (χ3v) is 13.4. The zero-order valence-corrected chi connectivity index (χ0v) is 34.0. The standard InChI is InChI=1S/C25H19I2P.C12H9IN.Po/c1-18-16-21(19-10-4-2-5-11-19)17-23(20-12-6-3-7-13-20)25(18)22-14-8-9-15-24(22)28(26)27;13-14-12-9-5-4-8-11(12)10-6-2-1-3-7-10;/h2-17H,1H3;1-6,8-9,14H;/p+1. The first-order valence-corrected chi connectivity index (χ1v) is 24.1. The SMILES string of the molecule is Cc1cc(-c2ccccc2)cc(-c2ccccc2)c1-c1ccccc1[PH+](I)I.INc1ccccc1-c1cccc[c]1[Po]. The van der Waals surface area contributed by atoms with Crippen molar-refractivity contribution in [1.29, 1.82) is 0 Å². The number of anilines is 1. The molecule has 0 fully saturated rings. The van der Waals surface area contributed by atoms with Gasteiger partial charge in [-0.15, -0.1) is 0 Å². The number of aryl methyl sites for hydroxylation is 1. The number of halogens is 3. The third kappa shape index (κ3) is 8.27. The predicted octanol–water partition coefficient (Wildman–Crippen LogP) is 11.4. The third-order valence-electron chi connectivity index (χ3n) is 7.13. The molecule has 0 unspecified atom stereocenters. The number of para-hydroxylation sites is 1. The van der Waals surface area contributed by atoms with Gasteiger partial charge < -0.3 is 0 Å². The molecule has 1 nitrogen and oxygen atoms in total. The summed E-state index contributed by atoms with van der Waals surface area (Å²) in [5.74, 6) is 0. The molecule has 0 aliphatic carbocycles. The van der Waals surface area contributed by atoms with Gasteiger partial charge in [0.2, 0.25) is 0 Å². The molecule has 1 radical (unpaired) electrons. The van der Waals surface area contributed by atoms with Crippen molar-refractivity contribution in [1.82, 2.24) is 0 Å². The van der Waals surface area contributed by atoms with Crippen LogP contribution in [-0.2, 0) is 0 Å². The second-order valence-electron chi connectivity index (χ2n) is 9.89. The first-order chi connectivity index (χ1) is 21.0. The second-order valence-corrected chi connectivity index (χ2v) is 25.9. The van der Waals surface area contributed by atoms with E-state index >= 15 is 0 Å². The topological polar surface area (TPSA) is 12.0 Å². The van der Waals surface area contributed by atoms with Gasteiger partial charge >= 0.3 is 120 Å². The molecule has 0 saturated carbocycles. The fourth-order valence-corrected chi connectivity index (χ4v) is 10.1. The Kier molecular flexibility index (Phi) is 12.5. The van der Waals surface area contributed by atoms with Crippen molar-refractivity contribution in [3.05, 3.63) is 151 Å². The Morgan fingerprint density at radius 1 is 0.535 bits per heavy atom. The molecule has 6 rings (SSSR count). The van der Waals surface area contributed by atoms with Crippen LogP contribution >= 0.6 is 70.2 Å². The van der Waals surface area contributed by atoms with Crippen molar-refractivity contribution in [3.8, 4) is 44.5 Å². The molecule has 6 aromatic rings. The summed E-state index contributed by atoms with van der Waals surface area (Å²) in [5, 5.41) is 1.47. The fraction of sp³-hybridized carbons (Fsp3) is 0.0270. The van der Waals surface area contributed by atoms with E-state index in [9.17, 15) is 0 Å². The van der Waals surface area contributed by atoms with Gasteiger partial charge in [0.25, 0.3) is 0 Å². The van der Waals surface area contributed by atoms with Gasteiger partial charge in [-0.05, 0) is 52.4 Å². The Hall–Kier alpha value is -1.36. The average Bonchev–Trinajstić information content (AvgIpc) is 3.06. The predicted molar refractivity (Wildman–Crippen MR) is 218 cm³/mol. The van der Waals surface area contributed by atoms with Gasteiger partial charge in [0, 0.05) is 5.56 Å². The summed E-state index contributed by atoms with van der Waals surface area (Å²) in [6.07, 6.45) is 0. The van der Waals surface area contributed by atoms with E-state index in [2.05, 4.69) is 223 Å². The fourth-order valence-electron chi connectivity index (χ4n) is 5.14. The van der Waals surface area contributed by atoms with Crippen LogP contribution in [0.25, 0.3) is 44.5 Å². The van der Waals surface area contributed by atoms with Crippen LogP contribution in [-0.4, -0.2) is 25.1 Å². The van der Waals surface area contributed by atoms with Crippen LogP contribution in [0.1, 0.15) is 5.56 Å². The van der Waals surface area contributed by atoms with Gasteiger partial charge in [-0.3, -0.25) is 0 Å². The van der Waals surface area contributed by atoms with Crippen LogP contribution < -0.4 is 12.1 Å². The normalized spacial score (nSPS) is 10.6. The number of benzene rings is 6. The van der Waals surface area contributed by atoms with Gasteiger partial charge in [-0.2, -0.15) is 0 Å². The summed E-state index contributed by atoms with van der Waals surface area (Å²) < 4.78 is 3.96. The van der Waals surface area contributed by atoms with Crippen molar-refractivity contribution in [2.75, 3.05) is 3.53 Å².